The highest BCUT2D eigenvalue weighted by atomic mass is 15.1. The zero-order valence-corrected chi connectivity index (χ0v) is 35.6. The minimum atomic E-state index is 0.785. The zero-order valence-electron chi connectivity index (χ0n) is 35.6. The summed E-state index contributed by atoms with van der Waals surface area (Å²) in [5.74, 6) is 0. The Balaban J connectivity index is 1.42. The van der Waals surface area contributed by atoms with Crippen molar-refractivity contribution in [1.29, 1.82) is 0 Å². The molecule has 7 rings (SSSR count). The van der Waals surface area contributed by atoms with Gasteiger partial charge in [-0.05, 0) is 116 Å². The summed E-state index contributed by atoms with van der Waals surface area (Å²) in [6.07, 6.45) is 0. The average molecular weight is 771 g/mol. The summed E-state index contributed by atoms with van der Waals surface area (Å²) < 4.78 is 0. The quantitative estimate of drug-likeness (QED) is 0.0900. The molecule has 0 aliphatic heterocycles. The molecule has 0 spiro atoms. The fourth-order valence-corrected chi connectivity index (χ4v) is 8.09. The molecule has 0 unspecified atom stereocenters. The molecule has 8 heteroatoms. The molecule has 0 fully saturated rings. The van der Waals surface area contributed by atoms with Crippen molar-refractivity contribution in [3.05, 3.63) is 109 Å². The summed E-state index contributed by atoms with van der Waals surface area (Å²) >= 11 is 0. The number of rotatable bonds is 16. The molecule has 5 aromatic carbocycles. The molecule has 0 aliphatic rings. The molecule has 0 radical (unpaired) electrons. The minimum absolute atomic E-state index is 0.785. The van der Waals surface area contributed by atoms with Gasteiger partial charge in [0.25, 0.3) is 0 Å². The highest BCUT2D eigenvalue weighted by Crippen LogP contribution is 2.37. The number of hydrogen-bond acceptors (Lipinski definition) is 8. The molecule has 8 nitrogen and oxygen atoms in total. The second-order valence-electron chi connectivity index (χ2n) is 14.5. The number of anilines is 4. The Morgan fingerprint density at radius 1 is 0.276 bits per heavy atom. The summed E-state index contributed by atoms with van der Waals surface area (Å²) in [6.45, 7) is 25.2. The molecule has 2 heterocycles. The zero-order chi connectivity index (χ0) is 40.8. The van der Waals surface area contributed by atoms with Gasteiger partial charge in [-0.15, -0.1) is 0 Å². The van der Waals surface area contributed by atoms with E-state index in [1.807, 2.05) is 0 Å². The summed E-state index contributed by atoms with van der Waals surface area (Å²) in [5, 5.41) is 0. The largest absolute Gasteiger partial charge is 0.372 e. The molecule has 0 aliphatic carbocycles. The Labute approximate surface area is 345 Å². The molecule has 0 saturated carbocycles. The lowest BCUT2D eigenvalue weighted by Crippen LogP contribution is -2.21. The normalized spacial score (nSPS) is 11.3. The maximum absolute atomic E-state index is 5.39. The van der Waals surface area contributed by atoms with Gasteiger partial charge >= 0.3 is 0 Å². The second kappa shape index (κ2) is 18.1. The summed E-state index contributed by atoms with van der Waals surface area (Å²) in [6, 6.07) is 39.1. The molecule has 0 bridgehead atoms. The Bertz CT molecular complexity index is 2080. The van der Waals surface area contributed by atoms with Crippen molar-refractivity contribution in [1.82, 2.24) is 19.9 Å². The van der Waals surface area contributed by atoms with Gasteiger partial charge in [0.2, 0.25) is 0 Å². The Morgan fingerprint density at radius 3 is 0.603 bits per heavy atom. The number of hydrogen-bond donors (Lipinski definition) is 0. The minimum Gasteiger partial charge on any atom is -0.372 e. The van der Waals surface area contributed by atoms with E-state index in [4.69, 9.17) is 19.9 Å². The van der Waals surface area contributed by atoms with Crippen LogP contribution in [0.3, 0.4) is 0 Å². The highest BCUT2D eigenvalue weighted by Gasteiger charge is 2.19. The van der Waals surface area contributed by atoms with Gasteiger partial charge in [-0.2, -0.15) is 0 Å². The first-order valence-corrected chi connectivity index (χ1v) is 21.3. The monoisotopic (exact) mass is 770 g/mol. The van der Waals surface area contributed by atoms with Gasteiger partial charge in [0, 0.05) is 97.4 Å². The van der Waals surface area contributed by atoms with Crippen molar-refractivity contribution in [3.8, 4) is 45.0 Å². The van der Waals surface area contributed by atoms with Gasteiger partial charge in [-0.25, -0.2) is 19.9 Å². The lowest BCUT2D eigenvalue weighted by atomic mass is 10.0. The van der Waals surface area contributed by atoms with Crippen molar-refractivity contribution in [2.45, 2.75) is 55.4 Å². The van der Waals surface area contributed by atoms with Gasteiger partial charge < -0.3 is 19.6 Å². The van der Waals surface area contributed by atoms with E-state index in [9.17, 15) is 0 Å². The van der Waals surface area contributed by atoms with Gasteiger partial charge in [0.1, 0.15) is 0 Å². The SMILES string of the molecule is CCN(CC)c1ccc(-c2nc3cc4nc(-c5ccc(N(CC)CC)cc5)c(-c5ccc(N(CC)CC)cc5)nc4cc3nc2-c2ccc(N(CC)CC)cc2)cc1. The van der Waals surface area contributed by atoms with Gasteiger partial charge in [0.05, 0.1) is 44.8 Å². The van der Waals surface area contributed by atoms with E-state index in [0.717, 1.165) is 119 Å². The van der Waals surface area contributed by atoms with Crippen LogP contribution in [0, 0.1) is 0 Å². The van der Waals surface area contributed by atoms with Crippen LogP contribution in [-0.2, 0) is 0 Å². The summed E-state index contributed by atoms with van der Waals surface area (Å²) in [7, 11) is 0. The van der Waals surface area contributed by atoms with E-state index in [1.54, 1.807) is 0 Å². The van der Waals surface area contributed by atoms with Crippen molar-refractivity contribution in [3.63, 3.8) is 0 Å². The van der Waals surface area contributed by atoms with Crippen molar-refractivity contribution >= 4 is 44.8 Å². The maximum atomic E-state index is 5.39. The van der Waals surface area contributed by atoms with E-state index in [1.165, 1.54) is 22.7 Å². The molecule has 58 heavy (non-hydrogen) atoms. The number of benzene rings is 5. The van der Waals surface area contributed by atoms with Crippen molar-refractivity contribution in [2.24, 2.45) is 0 Å². The fourth-order valence-electron chi connectivity index (χ4n) is 8.09. The second-order valence-corrected chi connectivity index (χ2v) is 14.5. The predicted octanol–water partition coefficient (Wildman–Crippen LogP) is 11.6. The molecule has 0 N–H and O–H groups in total. The molecular weight excluding hydrogens is 713 g/mol. The summed E-state index contributed by atoms with van der Waals surface area (Å²) in [4.78, 5) is 31.0. The first-order valence-electron chi connectivity index (χ1n) is 21.3. The molecular formula is C50H58N8. The highest BCUT2D eigenvalue weighted by molar-refractivity contribution is 5.96. The van der Waals surface area contributed by atoms with Crippen LogP contribution in [0.5, 0.6) is 0 Å². The smallest absolute Gasteiger partial charge is 0.0973 e. The Hall–Kier alpha value is -6.02. The number of aromatic nitrogens is 4. The topological polar surface area (TPSA) is 64.5 Å². The fraction of sp³-hybridized carbons (Fsp3) is 0.320. The third-order valence-corrected chi connectivity index (χ3v) is 11.5. The Kier molecular flexibility index (Phi) is 12.5. The lowest BCUT2D eigenvalue weighted by molar-refractivity contribution is 0.866. The molecule has 0 saturated heterocycles. The van der Waals surface area contributed by atoms with E-state index in [2.05, 4.69) is 184 Å². The van der Waals surface area contributed by atoms with Crippen LogP contribution in [-0.4, -0.2) is 72.3 Å². The first-order chi connectivity index (χ1) is 28.4. The Morgan fingerprint density at radius 2 is 0.448 bits per heavy atom. The third-order valence-electron chi connectivity index (χ3n) is 11.5. The molecule has 7 aromatic rings. The predicted molar refractivity (Wildman–Crippen MR) is 249 cm³/mol. The van der Waals surface area contributed by atoms with Gasteiger partial charge in [-0.1, -0.05) is 48.5 Å². The van der Waals surface area contributed by atoms with Crippen LogP contribution in [0.4, 0.5) is 22.7 Å². The van der Waals surface area contributed by atoms with Crippen LogP contribution in [0.25, 0.3) is 67.1 Å². The molecule has 2 aromatic heterocycles. The molecule has 0 amide bonds. The van der Waals surface area contributed by atoms with Crippen LogP contribution >= 0.6 is 0 Å². The van der Waals surface area contributed by atoms with Crippen LogP contribution in [0.1, 0.15) is 55.4 Å². The number of fused-ring (bicyclic) bond motifs is 2. The van der Waals surface area contributed by atoms with E-state index >= 15 is 0 Å². The first kappa shape index (κ1) is 40.2. The summed E-state index contributed by atoms with van der Waals surface area (Å²) in [5.41, 5.74) is 15.4. The van der Waals surface area contributed by atoms with Crippen molar-refractivity contribution < 1.29 is 0 Å². The standard InChI is InChI=1S/C50H58N8/c1-9-55(10-2)39-25-17-35(18-26-39)47-48(36-19-27-40(28-20-36)56(11-3)12-4)52-44-34-46-45(33-43(44)51-47)53-49(37-21-29-41(30-22-37)57(13-5)14-6)50(54-46)38-23-31-42(32-24-38)58(15-7)16-8/h17-34H,9-16H2,1-8H3. The van der Waals surface area contributed by atoms with E-state index in [0.29, 0.717) is 0 Å². The maximum Gasteiger partial charge on any atom is 0.0973 e. The van der Waals surface area contributed by atoms with Crippen LogP contribution in [0.15, 0.2) is 109 Å². The number of nitrogens with zero attached hydrogens (tertiary/aromatic N) is 8. The van der Waals surface area contributed by atoms with E-state index < -0.39 is 0 Å². The molecule has 298 valence electrons. The van der Waals surface area contributed by atoms with Crippen molar-refractivity contribution in [2.75, 3.05) is 72.0 Å². The van der Waals surface area contributed by atoms with Crippen LogP contribution < -0.4 is 19.6 Å². The van der Waals surface area contributed by atoms with Gasteiger partial charge in [-0.3, -0.25) is 0 Å². The molecule has 0 atom stereocenters. The third kappa shape index (κ3) is 8.06. The van der Waals surface area contributed by atoms with Crippen LogP contribution in [0.2, 0.25) is 0 Å². The average Bonchev–Trinajstić information content (AvgIpc) is 3.27. The lowest BCUT2D eigenvalue weighted by Gasteiger charge is -2.22. The van der Waals surface area contributed by atoms with E-state index in [-0.39, 0.29) is 0 Å². The van der Waals surface area contributed by atoms with Gasteiger partial charge in [0.15, 0.2) is 0 Å².